The molecule has 1 rings (SSSR count). The van der Waals surface area contributed by atoms with Crippen LogP contribution in [0.3, 0.4) is 0 Å². The molecule has 18 heavy (non-hydrogen) atoms. The van der Waals surface area contributed by atoms with Crippen LogP contribution >= 0.6 is 0 Å². The highest BCUT2D eigenvalue weighted by molar-refractivity contribution is 5.94. The van der Waals surface area contributed by atoms with E-state index in [0.717, 1.165) is 5.82 Å². The number of anilines is 1. The van der Waals surface area contributed by atoms with E-state index in [1.807, 2.05) is 7.05 Å². The minimum atomic E-state index is -0.0411. The number of amidine groups is 1. The zero-order chi connectivity index (χ0) is 13.9. The molecule has 0 amide bonds. The van der Waals surface area contributed by atoms with Crippen LogP contribution in [0.1, 0.15) is 33.4 Å². The summed E-state index contributed by atoms with van der Waals surface area (Å²) in [4.78, 5) is 10.4. The Kier molecular flexibility index (Phi) is 4.11. The van der Waals surface area contributed by atoms with Gasteiger partial charge in [0.25, 0.3) is 0 Å². The minimum Gasteiger partial charge on any atom is -0.409 e. The number of oxime groups is 1. The van der Waals surface area contributed by atoms with Gasteiger partial charge in [0.05, 0.1) is 12.4 Å². The lowest BCUT2D eigenvalue weighted by Gasteiger charge is -2.35. The van der Waals surface area contributed by atoms with Crippen LogP contribution < -0.4 is 10.6 Å². The van der Waals surface area contributed by atoms with Gasteiger partial charge in [-0.15, -0.1) is 0 Å². The van der Waals surface area contributed by atoms with Gasteiger partial charge in [-0.2, -0.15) is 0 Å². The van der Waals surface area contributed by atoms with Gasteiger partial charge in [-0.25, -0.2) is 9.97 Å². The monoisotopic (exact) mass is 251 g/mol. The molecule has 0 aromatic carbocycles. The number of hydrogen-bond acceptors (Lipinski definition) is 5. The molecule has 3 N–H and O–H groups in total. The van der Waals surface area contributed by atoms with E-state index in [2.05, 4.69) is 47.7 Å². The van der Waals surface area contributed by atoms with Crippen molar-refractivity contribution in [3.8, 4) is 0 Å². The summed E-state index contributed by atoms with van der Waals surface area (Å²) in [5, 5.41) is 11.4. The van der Waals surface area contributed by atoms with Crippen LogP contribution in [-0.4, -0.2) is 34.1 Å². The van der Waals surface area contributed by atoms with Gasteiger partial charge in [0.2, 0.25) is 0 Å². The second-order valence-electron chi connectivity index (χ2n) is 5.40. The van der Waals surface area contributed by atoms with Crippen molar-refractivity contribution >= 4 is 11.7 Å². The predicted octanol–water partition coefficient (Wildman–Crippen LogP) is 1.44. The van der Waals surface area contributed by atoms with Gasteiger partial charge in [-0.3, -0.25) is 0 Å². The van der Waals surface area contributed by atoms with E-state index in [9.17, 15) is 0 Å². The Morgan fingerprint density at radius 3 is 2.39 bits per heavy atom. The maximum Gasteiger partial charge on any atom is 0.190 e. The molecule has 0 aliphatic heterocycles. The first-order chi connectivity index (χ1) is 8.27. The zero-order valence-electron chi connectivity index (χ0n) is 11.5. The van der Waals surface area contributed by atoms with Crippen LogP contribution in [0.25, 0.3) is 0 Å². The Morgan fingerprint density at radius 1 is 1.39 bits per heavy atom. The molecule has 1 heterocycles. The largest absolute Gasteiger partial charge is 0.409 e. The number of nitrogens with two attached hydrogens (primary N) is 1. The molecule has 0 aliphatic rings. The van der Waals surface area contributed by atoms with Crippen LogP contribution in [0.2, 0.25) is 0 Å². The third-order valence-corrected chi connectivity index (χ3v) is 3.20. The van der Waals surface area contributed by atoms with Crippen molar-refractivity contribution in [3.05, 3.63) is 18.1 Å². The average Bonchev–Trinajstić information content (AvgIpc) is 2.35. The Morgan fingerprint density at radius 2 is 2.00 bits per heavy atom. The van der Waals surface area contributed by atoms with Gasteiger partial charge in [-0.05, 0) is 12.3 Å². The van der Waals surface area contributed by atoms with Gasteiger partial charge in [0, 0.05) is 13.1 Å². The summed E-state index contributed by atoms with van der Waals surface area (Å²) < 4.78 is 0. The highest BCUT2D eigenvalue weighted by Gasteiger charge is 2.24. The van der Waals surface area contributed by atoms with Crippen molar-refractivity contribution in [2.45, 2.75) is 33.7 Å². The smallest absolute Gasteiger partial charge is 0.190 e. The van der Waals surface area contributed by atoms with Crippen LogP contribution in [-0.2, 0) is 0 Å². The third-order valence-electron chi connectivity index (χ3n) is 3.20. The predicted molar refractivity (Wildman–Crippen MR) is 71.9 cm³/mol. The molecule has 0 saturated heterocycles. The van der Waals surface area contributed by atoms with Crippen LogP contribution in [0.4, 0.5) is 5.82 Å². The molecule has 1 aromatic rings. The lowest BCUT2D eigenvalue weighted by molar-refractivity contribution is 0.318. The molecule has 6 nitrogen and oxygen atoms in total. The minimum absolute atomic E-state index is 0.0411. The van der Waals surface area contributed by atoms with Gasteiger partial charge in [0.15, 0.2) is 5.84 Å². The SMILES string of the molecule is CC(N(C)c1cnc(C(N)=NO)cn1)C(C)(C)C. The van der Waals surface area contributed by atoms with Gasteiger partial charge < -0.3 is 15.8 Å². The molecule has 0 spiro atoms. The van der Waals surface area contributed by atoms with E-state index in [-0.39, 0.29) is 11.3 Å². The number of nitrogens with zero attached hydrogens (tertiary/aromatic N) is 4. The van der Waals surface area contributed by atoms with Gasteiger partial charge in [-0.1, -0.05) is 25.9 Å². The summed E-state index contributed by atoms with van der Waals surface area (Å²) >= 11 is 0. The molecule has 1 atom stereocenters. The fourth-order valence-electron chi connectivity index (χ4n) is 1.47. The molecule has 0 fully saturated rings. The van der Waals surface area contributed by atoms with Crippen LogP contribution in [0, 0.1) is 5.41 Å². The maximum atomic E-state index is 8.55. The standard InChI is InChI=1S/C12H21N5O/c1-8(12(2,3)4)17(5)10-7-14-9(6-15-10)11(13)16-18/h6-8,18H,1-5H3,(H2,13,16). The molecule has 1 unspecified atom stereocenters. The van der Waals surface area contributed by atoms with E-state index in [4.69, 9.17) is 10.9 Å². The number of aromatic nitrogens is 2. The van der Waals surface area contributed by atoms with Gasteiger partial charge >= 0.3 is 0 Å². The highest BCUT2D eigenvalue weighted by atomic mass is 16.4. The Bertz CT molecular complexity index is 421. The first kappa shape index (κ1) is 14.2. The second kappa shape index (κ2) is 5.20. The molecule has 0 radical (unpaired) electrons. The van der Waals surface area contributed by atoms with E-state index in [1.54, 1.807) is 6.20 Å². The van der Waals surface area contributed by atoms with Crippen molar-refractivity contribution < 1.29 is 5.21 Å². The molecule has 1 aromatic heterocycles. The van der Waals surface area contributed by atoms with E-state index >= 15 is 0 Å². The fraction of sp³-hybridized carbons (Fsp3) is 0.583. The molecule has 0 bridgehead atoms. The number of rotatable bonds is 3. The molecule has 100 valence electrons. The quantitative estimate of drug-likeness (QED) is 0.367. The average molecular weight is 251 g/mol. The van der Waals surface area contributed by atoms with Crippen molar-refractivity contribution in [2.75, 3.05) is 11.9 Å². The number of hydrogen-bond donors (Lipinski definition) is 2. The molecule has 6 heteroatoms. The summed E-state index contributed by atoms with van der Waals surface area (Å²) in [7, 11) is 1.98. The maximum absolute atomic E-state index is 8.55. The highest BCUT2D eigenvalue weighted by Crippen LogP contribution is 2.25. The topological polar surface area (TPSA) is 87.6 Å². The Balaban J connectivity index is 2.92. The normalized spacial score (nSPS) is 14.4. The van der Waals surface area contributed by atoms with E-state index in [1.165, 1.54) is 6.20 Å². The zero-order valence-corrected chi connectivity index (χ0v) is 11.5. The lowest BCUT2D eigenvalue weighted by atomic mass is 9.87. The molecule has 0 aliphatic carbocycles. The molecular formula is C12H21N5O. The van der Waals surface area contributed by atoms with Crippen molar-refractivity contribution in [2.24, 2.45) is 16.3 Å². The summed E-state index contributed by atoms with van der Waals surface area (Å²) in [6, 6.07) is 0.307. The first-order valence-corrected chi connectivity index (χ1v) is 5.80. The summed E-state index contributed by atoms with van der Waals surface area (Å²) in [6.07, 6.45) is 3.12. The van der Waals surface area contributed by atoms with E-state index < -0.39 is 0 Å². The summed E-state index contributed by atoms with van der Waals surface area (Å²) in [5.74, 6) is 0.715. The Labute approximate surface area is 108 Å². The van der Waals surface area contributed by atoms with Gasteiger partial charge in [0.1, 0.15) is 11.5 Å². The first-order valence-electron chi connectivity index (χ1n) is 5.80. The van der Waals surface area contributed by atoms with Crippen molar-refractivity contribution in [1.29, 1.82) is 0 Å². The van der Waals surface area contributed by atoms with Crippen molar-refractivity contribution in [3.63, 3.8) is 0 Å². The van der Waals surface area contributed by atoms with Crippen LogP contribution in [0.15, 0.2) is 17.5 Å². The fourth-order valence-corrected chi connectivity index (χ4v) is 1.47. The third kappa shape index (κ3) is 3.09. The Hall–Kier alpha value is -1.85. The summed E-state index contributed by atoms with van der Waals surface area (Å²) in [5.41, 5.74) is 5.93. The lowest BCUT2D eigenvalue weighted by Crippen LogP contribution is -2.39. The molecular weight excluding hydrogens is 230 g/mol. The second-order valence-corrected chi connectivity index (χ2v) is 5.40. The van der Waals surface area contributed by atoms with Crippen LogP contribution in [0.5, 0.6) is 0 Å². The summed E-state index contributed by atoms with van der Waals surface area (Å²) in [6.45, 7) is 8.66. The molecule has 0 saturated carbocycles. The van der Waals surface area contributed by atoms with Crippen molar-refractivity contribution in [1.82, 2.24) is 9.97 Å². The van der Waals surface area contributed by atoms with E-state index in [0.29, 0.717) is 11.7 Å².